The van der Waals surface area contributed by atoms with E-state index in [0.717, 1.165) is 0 Å². The lowest BCUT2D eigenvalue weighted by Crippen LogP contribution is -2.30. The largest absolute Gasteiger partial charge is 0.413 e. The molecule has 0 aliphatic carbocycles. The molecule has 1 fully saturated rings. The summed E-state index contributed by atoms with van der Waals surface area (Å²) < 4.78 is 25.7. The molecule has 1 aliphatic heterocycles. The van der Waals surface area contributed by atoms with Gasteiger partial charge in [-0.2, -0.15) is 0 Å². The van der Waals surface area contributed by atoms with Crippen molar-refractivity contribution in [2.75, 3.05) is 0 Å². The highest BCUT2D eigenvalue weighted by molar-refractivity contribution is 6.62. The van der Waals surface area contributed by atoms with Crippen LogP contribution in [0.4, 0.5) is 0 Å². The quantitative estimate of drug-likeness (QED) is 0.556. The molecule has 0 amide bonds. The van der Waals surface area contributed by atoms with Gasteiger partial charge >= 0.3 is 49.3 Å². The Balaban J connectivity index is 2.26. The van der Waals surface area contributed by atoms with E-state index in [-0.39, 0.29) is 40.0 Å². The fourth-order valence-corrected chi connectivity index (χ4v) is 5.03. The normalized spacial score (nSPS) is 23.5. The third-order valence-electron chi connectivity index (χ3n) is 0.837. The van der Waals surface area contributed by atoms with Crippen molar-refractivity contribution in [2.45, 2.75) is 6.92 Å². The Morgan fingerprint density at radius 1 is 0.923 bits per heavy atom. The highest BCUT2D eigenvalue weighted by Crippen LogP contribution is 1.92. The van der Waals surface area contributed by atoms with E-state index < -0.39 is 9.28 Å². The van der Waals surface area contributed by atoms with Crippen LogP contribution in [0.3, 0.4) is 0 Å². The number of allylic oxidation sites excluding steroid dienone is 1. The molecule has 67 valence electrons. The van der Waals surface area contributed by atoms with Crippen LogP contribution in [-0.4, -0.2) is 49.3 Å². The third kappa shape index (κ3) is 5.84. The van der Waals surface area contributed by atoms with Gasteiger partial charge in [-0.05, 0) is 12.6 Å². The molecule has 0 N–H and O–H groups in total. The van der Waals surface area contributed by atoms with Gasteiger partial charge in [0.25, 0.3) is 0 Å². The minimum atomic E-state index is -1.35. The Morgan fingerprint density at radius 3 is 2.00 bits per heavy atom. The minimum Gasteiger partial charge on any atom is -0.412 e. The molecule has 9 radical (unpaired) electrons. The molecule has 0 spiro atoms. The first-order valence-corrected chi connectivity index (χ1v) is 7.90. The summed E-state index contributed by atoms with van der Waals surface area (Å²) >= 11 is 0. The SMILES string of the molecule is CC=C[Si]1O[Si]O[Si]O[Si]O[Si]O1. The van der Waals surface area contributed by atoms with E-state index in [4.69, 9.17) is 20.6 Å². The molecular formula is C3H5O5Si5. The first kappa shape index (κ1) is 11.7. The molecular weight excluding hydrogens is 256 g/mol. The van der Waals surface area contributed by atoms with Gasteiger partial charge in [-0.1, -0.05) is 6.08 Å². The molecule has 0 aromatic carbocycles. The van der Waals surface area contributed by atoms with Gasteiger partial charge in [0.15, 0.2) is 0 Å². The molecule has 0 unspecified atom stereocenters. The number of hydrogen-bond donors (Lipinski definition) is 0. The van der Waals surface area contributed by atoms with E-state index in [0.29, 0.717) is 0 Å². The van der Waals surface area contributed by atoms with Crippen molar-refractivity contribution in [2.24, 2.45) is 0 Å². The smallest absolute Gasteiger partial charge is 0.412 e. The first-order valence-electron chi connectivity index (χ1n) is 3.24. The monoisotopic (exact) mass is 261 g/mol. The van der Waals surface area contributed by atoms with Gasteiger partial charge in [0.05, 0.1) is 0 Å². The minimum absolute atomic E-state index is 0.00967. The molecule has 5 nitrogen and oxygen atoms in total. The Labute approximate surface area is 88.8 Å². The maximum absolute atomic E-state index is 5.31. The summed E-state index contributed by atoms with van der Waals surface area (Å²) in [7, 11) is -1.40. The summed E-state index contributed by atoms with van der Waals surface area (Å²) in [6, 6.07) is 0. The summed E-state index contributed by atoms with van der Waals surface area (Å²) in [6.07, 6.45) is 1.90. The Hall–Kier alpha value is 0.624. The molecule has 0 saturated carbocycles. The molecule has 1 heterocycles. The molecule has 0 aromatic heterocycles. The van der Waals surface area contributed by atoms with E-state index >= 15 is 0 Å². The summed E-state index contributed by atoms with van der Waals surface area (Å²) in [5.41, 5.74) is 1.89. The molecule has 1 rings (SSSR count). The predicted octanol–water partition coefficient (Wildman–Crippen LogP) is -1.18. The van der Waals surface area contributed by atoms with Crippen molar-refractivity contribution in [3.63, 3.8) is 0 Å². The molecule has 1 saturated heterocycles. The Morgan fingerprint density at radius 2 is 1.46 bits per heavy atom. The second kappa shape index (κ2) is 7.98. The highest BCUT2D eigenvalue weighted by atomic mass is 28.4. The summed E-state index contributed by atoms with van der Waals surface area (Å²) in [6.45, 7) is 1.92. The molecule has 10 heteroatoms. The van der Waals surface area contributed by atoms with Crippen molar-refractivity contribution in [3.8, 4) is 0 Å². The van der Waals surface area contributed by atoms with Crippen molar-refractivity contribution in [1.29, 1.82) is 0 Å². The van der Waals surface area contributed by atoms with Crippen LogP contribution >= 0.6 is 0 Å². The maximum atomic E-state index is 5.31. The van der Waals surface area contributed by atoms with E-state index in [1.54, 1.807) is 0 Å². The van der Waals surface area contributed by atoms with Crippen LogP contribution in [0.2, 0.25) is 0 Å². The van der Waals surface area contributed by atoms with Gasteiger partial charge in [-0.3, -0.25) is 0 Å². The Kier molecular flexibility index (Phi) is 7.18. The molecule has 1 aliphatic rings. The summed E-state index contributed by atoms with van der Waals surface area (Å²) in [5.74, 6) is 0. The van der Waals surface area contributed by atoms with Gasteiger partial charge in [0.2, 0.25) is 0 Å². The third-order valence-corrected chi connectivity index (χ3v) is 5.72. The van der Waals surface area contributed by atoms with Crippen LogP contribution in [0, 0.1) is 0 Å². The lowest BCUT2D eigenvalue weighted by molar-refractivity contribution is 0.339. The topological polar surface area (TPSA) is 46.2 Å². The fourth-order valence-electron chi connectivity index (χ4n) is 0.441. The van der Waals surface area contributed by atoms with Crippen LogP contribution in [-0.2, 0) is 20.6 Å². The van der Waals surface area contributed by atoms with E-state index in [9.17, 15) is 0 Å². The molecule has 0 aromatic rings. The van der Waals surface area contributed by atoms with E-state index in [1.807, 2.05) is 18.7 Å². The number of hydrogen-bond acceptors (Lipinski definition) is 5. The number of rotatable bonds is 1. The van der Waals surface area contributed by atoms with E-state index in [1.165, 1.54) is 0 Å². The zero-order valence-electron chi connectivity index (χ0n) is 6.70. The molecule has 0 atom stereocenters. The highest BCUT2D eigenvalue weighted by Gasteiger charge is 2.16. The van der Waals surface area contributed by atoms with Crippen molar-refractivity contribution < 1.29 is 20.6 Å². The lowest BCUT2D eigenvalue weighted by atomic mass is 10.8. The van der Waals surface area contributed by atoms with Gasteiger partial charge in [-0.25, -0.2) is 0 Å². The molecule has 0 bridgehead atoms. The van der Waals surface area contributed by atoms with Gasteiger partial charge < -0.3 is 20.6 Å². The lowest BCUT2D eigenvalue weighted by Gasteiger charge is -2.11. The second-order valence-electron chi connectivity index (χ2n) is 1.66. The van der Waals surface area contributed by atoms with Crippen molar-refractivity contribution in [1.82, 2.24) is 0 Å². The average molecular weight is 261 g/mol. The first-order chi connectivity index (χ1) is 6.43. The van der Waals surface area contributed by atoms with Gasteiger partial charge in [0, 0.05) is 0 Å². The molecule has 13 heavy (non-hydrogen) atoms. The maximum Gasteiger partial charge on any atom is 0.413 e. The van der Waals surface area contributed by atoms with Gasteiger partial charge in [0.1, 0.15) is 0 Å². The van der Waals surface area contributed by atoms with Gasteiger partial charge in [-0.15, -0.1) is 0 Å². The Bertz CT molecular complexity index is 145. The van der Waals surface area contributed by atoms with Crippen molar-refractivity contribution in [3.05, 3.63) is 11.8 Å². The van der Waals surface area contributed by atoms with Crippen molar-refractivity contribution >= 4 is 49.3 Å². The summed E-state index contributed by atoms with van der Waals surface area (Å²) in [5, 5.41) is 0. The summed E-state index contributed by atoms with van der Waals surface area (Å²) in [4.78, 5) is 0. The average Bonchev–Trinajstić information content (AvgIpc) is 2.16. The fraction of sp³-hybridized carbons (Fsp3) is 0.333. The van der Waals surface area contributed by atoms with Crippen LogP contribution < -0.4 is 0 Å². The van der Waals surface area contributed by atoms with E-state index in [2.05, 4.69) is 0 Å². The van der Waals surface area contributed by atoms with Crippen LogP contribution in [0.25, 0.3) is 0 Å². The zero-order valence-corrected chi connectivity index (χ0v) is 11.7. The second-order valence-corrected chi connectivity index (χ2v) is 7.38. The predicted molar refractivity (Wildman–Crippen MR) is 49.0 cm³/mol. The van der Waals surface area contributed by atoms with Crippen LogP contribution in [0.15, 0.2) is 11.8 Å². The van der Waals surface area contributed by atoms with Crippen LogP contribution in [0.1, 0.15) is 6.92 Å². The zero-order chi connectivity index (χ0) is 9.36. The standard InChI is InChI=1S/C3H5O5Si5/c1-2-3-13-7-11-5-9-4-10-6-12-8-13/h2-3H,1H3. The van der Waals surface area contributed by atoms with Crippen LogP contribution in [0.5, 0.6) is 0 Å².